The third-order valence-electron chi connectivity index (χ3n) is 4.64. The van der Waals surface area contributed by atoms with Gasteiger partial charge in [-0.1, -0.05) is 28.9 Å². The second-order valence-electron chi connectivity index (χ2n) is 6.73. The van der Waals surface area contributed by atoms with Crippen molar-refractivity contribution in [1.82, 2.24) is 25.9 Å². The molecule has 0 unspecified atom stereocenters. The number of nitrogens with two attached hydrogens (primary N) is 1. The van der Waals surface area contributed by atoms with E-state index in [0.717, 1.165) is 24.4 Å². The van der Waals surface area contributed by atoms with Crippen LogP contribution in [0.5, 0.6) is 0 Å². The van der Waals surface area contributed by atoms with Gasteiger partial charge in [0, 0.05) is 0 Å². The number of hydrogen-bond acceptors (Lipinski definition) is 6. The quantitative estimate of drug-likeness (QED) is 0.215. The Hall–Kier alpha value is -3.81. The van der Waals surface area contributed by atoms with Gasteiger partial charge in [0.05, 0.1) is 28.0 Å². The molecule has 0 bridgehead atoms. The number of aromatic nitrogens is 3. The lowest BCUT2D eigenvalue weighted by Gasteiger charge is -2.12. The van der Waals surface area contributed by atoms with Crippen LogP contribution in [0.3, 0.4) is 0 Å². The SMILES string of the molecule is NNNC(=O)c1c(-c2c(F)cccc2Cl)noc1-c1cnn(-c2cccc(F)c2)c1C(F)(F)F. The van der Waals surface area contributed by atoms with Gasteiger partial charge in [0.15, 0.2) is 11.5 Å². The fraction of sp³-hybridized carbons (Fsp3) is 0.0500. The van der Waals surface area contributed by atoms with E-state index in [9.17, 15) is 26.7 Å². The summed E-state index contributed by atoms with van der Waals surface area (Å²) in [5.74, 6) is 1.60. The number of carbonyl (C=O) groups is 1. The van der Waals surface area contributed by atoms with Crippen LogP contribution in [-0.4, -0.2) is 20.8 Å². The summed E-state index contributed by atoms with van der Waals surface area (Å²) >= 11 is 6.05. The number of nitrogens with one attached hydrogen (secondary N) is 2. The minimum Gasteiger partial charge on any atom is -0.355 e. The topological polar surface area (TPSA) is 111 Å². The van der Waals surface area contributed by atoms with Crippen LogP contribution in [0, 0.1) is 11.6 Å². The molecule has 0 saturated heterocycles. The number of alkyl halides is 3. The summed E-state index contributed by atoms with van der Waals surface area (Å²) in [4.78, 5) is 12.7. The van der Waals surface area contributed by atoms with Crippen molar-refractivity contribution in [2.24, 2.45) is 5.84 Å². The first-order valence-electron chi connectivity index (χ1n) is 9.25. The van der Waals surface area contributed by atoms with Gasteiger partial charge in [0.1, 0.15) is 22.9 Å². The van der Waals surface area contributed by atoms with E-state index in [2.05, 4.69) is 10.3 Å². The van der Waals surface area contributed by atoms with Crippen molar-refractivity contribution in [2.75, 3.05) is 0 Å². The van der Waals surface area contributed by atoms with Crippen molar-refractivity contribution >= 4 is 17.5 Å². The second-order valence-corrected chi connectivity index (χ2v) is 7.13. The van der Waals surface area contributed by atoms with E-state index in [-0.39, 0.29) is 16.3 Å². The Morgan fingerprint density at radius 3 is 2.53 bits per heavy atom. The van der Waals surface area contributed by atoms with Crippen LogP contribution in [0.25, 0.3) is 28.3 Å². The average Bonchev–Trinajstić information content (AvgIpc) is 3.38. The van der Waals surface area contributed by atoms with Gasteiger partial charge in [-0.25, -0.2) is 13.5 Å². The standard InChI is InChI=1S/C20H12ClF5N6O2/c21-12-5-2-6-13(23)14(12)16-15(19(33)29-31-27)17(34-30-16)11-8-28-32(18(11)20(24,25)26)10-4-1-3-9(22)7-10/h1-8,31H,27H2,(H,29,33). The van der Waals surface area contributed by atoms with Gasteiger partial charge in [-0.05, 0) is 30.3 Å². The third-order valence-corrected chi connectivity index (χ3v) is 4.95. The Morgan fingerprint density at radius 1 is 1.15 bits per heavy atom. The molecule has 1 amide bonds. The molecule has 0 spiro atoms. The first-order chi connectivity index (χ1) is 16.1. The van der Waals surface area contributed by atoms with Crippen LogP contribution in [-0.2, 0) is 6.18 Å². The van der Waals surface area contributed by atoms with Crippen molar-refractivity contribution < 1.29 is 31.3 Å². The number of hydrogen-bond donors (Lipinski definition) is 3. The van der Waals surface area contributed by atoms with Crippen molar-refractivity contribution in [1.29, 1.82) is 0 Å². The highest BCUT2D eigenvalue weighted by atomic mass is 35.5. The Balaban J connectivity index is 2.01. The number of nitrogens with zero attached hydrogens (tertiary/aromatic N) is 3. The number of carbonyl (C=O) groups excluding carboxylic acids is 1. The summed E-state index contributed by atoms with van der Waals surface area (Å²) in [5, 5.41) is 7.14. The highest BCUT2D eigenvalue weighted by molar-refractivity contribution is 6.33. The smallest absolute Gasteiger partial charge is 0.355 e. The number of rotatable bonds is 5. The molecule has 0 aliphatic carbocycles. The summed E-state index contributed by atoms with van der Waals surface area (Å²) in [6, 6.07) is 7.87. The lowest BCUT2D eigenvalue weighted by atomic mass is 10.0. The van der Waals surface area contributed by atoms with E-state index < -0.39 is 52.0 Å². The number of benzene rings is 2. The Kier molecular flexibility index (Phi) is 6.08. The third kappa shape index (κ3) is 4.11. The fourth-order valence-electron chi connectivity index (χ4n) is 3.30. The van der Waals surface area contributed by atoms with Crippen LogP contribution in [0.4, 0.5) is 22.0 Å². The van der Waals surface area contributed by atoms with Crippen molar-refractivity contribution in [3.8, 4) is 28.3 Å². The zero-order valence-corrected chi connectivity index (χ0v) is 17.4. The normalized spacial score (nSPS) is 11.6. The Labute approximate surface area is 192 Å². The summed E-state index contributed by atoms with van der Waals surface area (Å²) in [7, 11) is 0. The molecular weight excluding hydrogens is 487 g/mol. The average molecular weight is 499 g/mol. The lowest BCUT2D eigenvalue weighted by Crippen LogP contribution is -2.42. The van der Waals surface area contributed by atoms with Crippen LogP contribution >= 0.6 is 11.6 Å². The van der Waals surface area contributed by atoms with Crippen LogP contribution < -0.4 is 16.8 Å². The highest BCUT2D eigenvalue weighted by Crippen LogP contribution is 2.42. The zero-order chi connectivity index (χ0) is 24.6. The number of halogens is 6. The predicted octanol–water partition coefficient (Wildman–Crippen LogP) is 4.25. The van der Waals surface area contributed by atoms with Gasteiger partial charge in [-0.3, -0.25) is 16.1 Å². The molecule has 2 aromatic carbocycles. The monoisotopic (exact) mass is 498 g/mol. The summed E-state index contributed by atoms with van der Waals surface area (Å²) in [5.41, 5.74) is 0.00542. The Bertz CT molecular complexity index is 1360. The van der Waals surface area contributed by atoms with Gasteiger partial charge in [0.2, 0.25) is 0 Å². The highest BCUT2D eigenvalue weighted by Gasteiger charge is 2.42. The first-order valence-corrected chi connectivity index (χ1v) is 9.62. The Morgan fingerprint density at radius 2 is 1.88 bits per heavy atom. The minimum atomic E-state index is -5.04. The molecule has 8 nitrogen and oxygen atoms in total. The van der Waals surface area contributed by atoms with Gasteiger partial charge < -0.3 is 4.52 Å². The second kappa shape index (κ2) is 8.85. The van der Waals surface area contributed by atoms with E-state index >= 15 is 0 Å². The molecule has 14 heteroatoms. The molecule has 0 radical (unpaired) electrons. The molecule has 2 aromatic heterocycles. The summed E-state index contributed by atoms with van der Waals surface area (Å²) in [6.45, 7) is 0. The van der Waals surface area contributed by atoms with E-state index in [1.807, 2.05) is 11.0 Å². The van der Waals surface area contributed by atoms with Gasteiger partial charge in [0.25, 0.3) is 5.91 Å². The van der Waals surface area contributed by atoms with Gasteiger partial charge >= 0.3 is 6.18 Å². The molecule has 0 atom stereocenters. The van der Waals surface area contributed by atoms with E-state index in [1.54, 1.807) is 0 Å². The zero-order valence-electron chi connectivity index (χ0n) is 16.6. The van der Waals surface area contributed by atoms with E-state index in [1.165, 1.54) is 24.3 Å². The number of amides is 1. The molecule has 4 aromatic rings. The largest absolute Gasteiger partial charge is 0.434 e. The van der Waals surface area contributed by atoms with Crippen molar-refractivity contribution in [3.05, 3.63) is 76.6 Å². The predicted molar refractivity (Wildman–Crippen MR) is 109 cm³/mol. The maximum Gasteiger partial charge on any atom is 0.434 e. The molecular formula is C20H12ClF5N6O2. The first kappa shape index (κ1) is 23.4. The molecule has 0 aliphatic heterocycles. The van der Waals surface area contributed by atoms with Crippen LogP contribution in [0.2, 0.25) is 5.02 Å². The van der Waals surface area contributed by atoms with Crippen molar-refractivity contribution in [2.45, 2.75) is 6.18 Å². The molecule has 176 valence electrons. The number of hydrazine groups is 2. The molecule has 0 saturated carbocycles. The van der Waals surface area contributed by atoms with Crippen LogP contribution in [0.15, 0.2) is 53.2 Å². The van der Waals surface area contributed by atoms with Gasteiger partial charge in [-0.15, -0.1) is 0 Å². The molecule has 4 rings (SSSR count). The summed E-state index contributed by atoms with van der Waals surface area (Å²) in [6.07, 6.45) is -4.28. The maximum absolute atomic E-state index is 14.5. The van der Waals surface area contributed by atoms with Crippen molar-refractivity contribution in [3.63, 3.8) is 0 Å². The molecule has 0 aliphatic rings. The minimum absolute atomic E-state index is 0.180. The van der Waals surface area contributed by atoms with Gasteiger partial charge in [-0.2, -0.15) is 23.8 Å². The lowest BCUT2D eigenvalue weighted by molar-refractivity contribution is -0.142. The fourth-order valence-corrected chi connectivity index (χ4v) is 3.55. The molecule has 4 N–H and O–H groups in total. The molecule has 0 fully saturated rings. The maximum atomic E-state index is 14.5. The summed E-state index contributed by atoms with van der Waals surface area (Å²) < 4.78 is 76.1. The molecule has 2 heterocycles. The van der Waals surface area contributed by atoms with Crippen LogP contribution in [0.1, 0.15) is 16.1 Å². The molecule has 34 heavy (non-hydrogen) atoms. The van der Waals surface area contributed by atoms with E-state index in [4.69, 9.17) is 22.0 Å². The van der Waals surface area contributed by atoms with E-state index in [0.29, 0.717) is 4.68 Å².